The fourth-order valence-corrected chi connectivity index (χ4v) is 3.48. The predicted octanol–water partition coefficient (Wildman–Crippen LogP) is 3.90. The van der Waals surface area contributed by atoms with Gasteiger partial charge in [-0.2, -0.15) is 0 Å². The molecule has 1 heterocycles. The van der Waals surface area contributed by atoms with Gasteiger partial charge in [-0.15, -0.1) is 0 Å². The zero-order valence-electron chi connectivity index (χ0n) is 12.9. The number of methoxy groups -OCH3 is 2. The molecular formula is C18H20BrNO2. The van der Waals surface area contributed by atoms with Gasteiger partial charge in [0.15, 0.2) is 11.5 Å². The van der Waals surface area contributed by atoms with Crippen LogP contribution in [-0.4, -0.2) is 20.8 Å². The van der Waals surface area contributed by atoms with Crippen molar-refractivity contribution in [2.75, 3.05) is 20.8 Å². The maximum Gasteiger partial charge on any atom is 0.161 e. The van der Waals surface area contributed by atoms with Gasteiger partial charge in [-0.25, -0.2) is 0 Å². The molecule has 0 bridgehead atoms. The van der Waals surface area contributed by atoms with Gasteiger partial charge in [0.05, 0.1) is 14.2 Å². The molecule has 0 spiro atoms. The Morgan fingerprint density at radius 2 is 1.86 bits per heavy atom. The molecule has 3 rings (SSSR count). The first-order valence-electron chi connectivity index (χ1n) is 7.44. The van der Waals surface area contributed by atoms with E-state index in [0.29, 0.717) is 6.04 Å². The van der Waals surface area contributed by atoms with Crippen molar-refractivity contribution in [1.82, 2.24) is 5.32 Å². The fourth-order valence-electron chi connectivity index (χ4n) is 3.03. The summed E-state index contributed by atoms with van der Waals surface area (Å²) in [6, 6.07) is 12.9. The summed E-state index contributed by atoms with van der Waals surface area (Å²) in [5.41, 5.74) is 3.95. The highest BCUT2D eigenvalue weighted by Gasteiger charge is 2.23. The van der Waals surface area contributed by atoms with Crippen molar-refractivity contribution in [2.24, 2.45) is 0 Å². The van der Waals surface area contributed by atoms with Crippen molar-refractivity contribution in [3.05, 3.63) is 57.6 Å². The normalized spacial score (nSPS) is 17.0. The molecular weight excluding hydrogens is 342 g/mol. The van der Waals surface area contributed by atoms with Crippen molar-refractivity contribution >= 4 is 15.9 Å². The number of fused-ring (bicyclic) bond motifs is 1. The predicted molar refractivity (Wildman–Crippen MR) is 91.8 cm³/mol. The van der Waals surface area contributed by atoms with E-state index in [9.17, 15) is 0 Å². The Kier molecular flexibility index (Phi) is 4.69. The van der Waals surface area contributed by atoms with E-state index in [1.54, 1.807) is 14.2 Å². The average Bonchev–Trinajstić information content (AvgIpc) is 2.56. The minimum atomic E-state index is 0.294. The molecule has 0 aromatic heterocycles. The molecule has 1 aliphatic rings. The summed E-state index contributed by atoms with van der Waals surface area (Å²) in [5, 5.41) is 3.62. The summed E-state index contributed by atoms with van der Waals surface area (Å²) in [7, 11) is 3.37. The topological polar surface area (TPSA) is 30.5 Å². The van der Waals surface area contributed by atoms with E-state index in [4.69, 9.17) is 9.47 Å². The van der Waals surface area contributed by atoms with E-state index < -0.39 is 0 Å². The Labute approximate surface area is 139 Å². The number of nitrogens with one attached hydrogen (secondary N) is 1. The maximum atomic E-state index is 5.46. The molecule has 4 heteroatoms. The van der Waals surface area contributed by atoms with Crippen LogP contribution in [0.5, 0.6) is 11.5 Å². The van der Waals surface area contributed by atoms with Crippen LogP contribution in [0.25, 0.3) is 0 Å². The molecule has 1 aliphatic heterocycles. The summed E-state index contributed by atoms with van der Waals surface area (Å²) >= 11 is 3.64. The van der Waals surface area contributed by atoms with Crippen LogP contribution in [0.1, 0.15) is 22.7 Å². The number of benzene rings is 2. The molecule has 3 nitrogen and oxygen atoms in total. The van der Waals surface area contributed by atoms with Gasteiger partial charge in [0, 0.05) is 10.5 Å². The zero-order valence-corrected chi connectivity index (χ0v) is 14.4. The van der Waals surface area contributed by atoms with E-state index in [0.717, 1.165) is 35.4 Å². The van der Waals surface area contributed by atoms with Gasteiger partial charge in [0.25, 0.3) is 0 Å². The van der Waals surface area contributed by atoms with E-state index in [1.807, 2.05) is 6.07 Å². The third kappa shape index (κ3) is 2.99. The highest BCUT2D eigenvalue weighted by Crippen LogP contribution is 2.36. The van der Waals surface area contributed by atoms with Gasteiger partial charge in [-0.1, -0.05) is 34.1 Å². The molecule has 0 saturated heterocycles. The van der Waals surface area contributed by atoms with Gasteiger partial charge in [0.1, 0.15) is 0 Å². The lowest BCUT2D eigenvalue weighted by atomic mass is 9.90. The molecule has 0 aliphatic carbocycles. The summed E-state index contributed by atoms with van der Waals surface area (Å²) in [5.74, 6) is 1.60. The highest BCUT2D eigenvalue weighted by atomic mass is 79.9. The lowest BCUT2D eigenvalue weighted by Crippen LogP contribution is -2.31. The third-order valence-electron chi connectivity index (χ3n) is 4.19. The molecule has 1 atom stereocenters. The first-order chi connectivity index (χ1) is 10.7. The van der Waals surface area contributed by atoms with Gasteiger partial charge in [-0.3, -0.25) is 0 Å². The van der Waals surface area contributed by atoms with Crippen molar-refractivity contribution in [2.45, 2.75) is 18.9 Å². The van der Waals surface area contributed by atoms with Crippen molar-refractivity contribution in [3.8, 4) is 11.5 Å². The number of ether oxygens (including phenoxy) is 2. The molecule has 0 radical (unpaired) electrons. The van der Waals surface area contributed by atoms with Crippen LogP contribution in [-0.2, 0) is 12.8 Å². The van der Waals surface area contributed by atoms with Gasteiger partial charge < -0.3 is 14.8 Å². The number of rotatable bonds is 4. The van der Waals surface area contributed by atoms with Crippen LogP contribution in [0.4, 0.5) is 0 Å². The summed E-state index contributed by atoms with van der Waals surface area (Å²) in [6.45, 7) is 0.984. The average molecular weight is 362 g/mol. The van der Waals surface area contributed by atoms with Gasteiger partial charge >= 0.3 is 0 Å². The lowest BCUT2D eigenvalue weighted by molar-refractivity contribution is 0.352. The zero-order chi connectivity index (χ0) is 15.5. The van der Waals surface area contributed by atoms with Crippen LogP contribution in [0.2, 0.25) is 0 Å². The monoisotopic (exact) mass is 361 g/mol. The molecule has 0 amide bonds. The second-order valence-electron chi connectivity index (χ2n) is 5.46. The Morgan fingerprint density at radius 3 is 2.59 bits per heavy atom. The third-order valence-corrected chi connectivity index (χ3v) is 4.96. The van der Waals surface area contributed by atoms with Crippen molar-refractivity contribution in [1.29, 1.82) is 0 Å². The second kappa shape index (κ2) is 6.71. The minimum absolute atomic E-state index is 0.294. The molecule has 2 aromatic carbocycles. The smallest absolute Gasteiger partial charge is 0.161 e. The first-order valence-corrected chi connectivity index (χ1v) is 8.24. The van der Waals surface area contributed by atoms with Crippen LogP contribution in [0.15, 0.2) is 40.9 Å². The molecule has 2 aromatic rings. The SMILES string of the molecule is COc1cc2c(cc1OC)C(Cc1ccccc1Br)NCC2. The Bertz CT molecular complexity index is 672. The fraction of sp³-hybridized carbons (Fsp3) is 0.333. The van der Waals surface area contributed by atoms with E-state index in [-0.39, 0.29) is 0 Å². The van der Waals surface area contributed by atoms with Gasteiger partial charge in [0.2, 0.25) is 0 Å². The van der Waals surface area contributed by atoms with Crippen LogP contribution >= 0.6 is 15.9 Å². The highest BCUT2D eigenvalue weighted by molar-refractivity contribution is 9.10. The summed E-state index contributed by atoms with van der Waals surface area (Å²) in [6.07, 6.45) is 1.96. The van der Waals surface area contributed by atoms with Crippen LogP contribution in [0, 0.1) is 0 Å². The van der Waals surface area contributed by atoms with E-state index >= 15 is 0 Å². The molecule has 22 heavy (non-hydrogen) atoms. The van der Waals surface area contributed by atoms with Gasteiger partial charge in [-0.05, 0) is 54.3 Å². The molecule has 1 unspecified atom stereocenters. The van der Waals surface area contributed by atoms with E-state index in [2.05, 4.69) is 51.6 Å². The first kappa shape index (κ1) is 15.4. The molecule has 0 saturated carbocycles. The Balaban J connectivity index is 1.95. The van der Waals surface area contributed by atoms with Crippen LogP contribution in [0.3, 0.4) is 0 Å². The van der Waals surface area contributed by atoms with Crippen molar-refractivity contribution in [3.63, 3.8) is 0 Å². The quantitative estimate of drug-likeness (QED) is 0.895. The molecule has 1 N–H and O–H groups in total. The molecule has 116 valence electrons. The van der Waals surface area contributed by atoms with Crippen LogP contribution < -0.4 is 14.8 Å². The number of hydrogen-bond acceptors (Lipinski definition) is 3. The summed E-state index contributed by atoms with van der Waals surface area (Å²) in [4.78, 5) is 0. The largest absolute Gasteiger partial charge is 0.493 e. The Morgan fingerprint density at radius 1 is 1.14 bits per heavy atom. The summed E-state index contributed by atoms with van der Waals surface area (Å²) < 4.78 is 12.0. The molecule has 0 fully saturated rings. The number of hydrogen-bond donors (Lipinski definition) is 1. The standard InChI is InChI=1S/C18H20BrNO2/c1-21-17-10-12-7-8-20-16(14(12)11-18(17)22-2)9-13-5-3-4-6-15(13)19/h3-6,10-11,16,20H,7-9H2,1-2H3. The minimum Gasteiger partial charge on any atom is -0.493 e. The van der Waals surface area contributed by atoms with E-state index in [1.165, 1.54) is 16.7 Å². The lowest BCUT2D eigenvalue weighted by Gasteiger charge is -2.28. The Hall–Kier alpha value is -1.52. The number of halogens is 1. The van der Waals surface area contributed by atoms with Crippen molar-refractivity contribution < 1.29 is 9.47 Å². The second-order valence-corrected chi connectivity index (χ2v) is 6.31. The maximum absolute atomic E-state index is 5.46.